The molecule has 1 aromatic rings. The summed E-state index contributed by atoms with van der Waals surface area (Å²) in [5.41, 5.74) is 0.277. The van der Waals surface area contributed by atoms with Crippen LogP contribution in [0.3, 0.4) is 0 Å². The molecule has 1 aliphatic rings. The predicted octanol–water partition coefficient (Wildman–Crippen LogP) is 2.37. The Morgan fingerprint density at radius 2 is 2.14 bits per heavy atom. The van der Waals surface area contributed by atoms with E-state index in [2.05, 4.69) is 10.0 Å². The van der Waals surface area contributed by atoms with Gasteiger partial charge in [-0.1, -0.05) is 11.6 Å². The molecule has 2 rings (SSSR count). The van der Waals surface area contributed by atoms with Crippen molar-refractivity contribution in [1.82, 2.24) is 10.0 Å². The average Bonchev–Trinajstić information content (AvgIpc) is 3.23. The molecule has 0 aromatic heterocycles. The van der Waals surface area contributed by atoms with Crippen LogP contribution in [0, 0.1) is 5.82 Å². The van der Waals surface area contributed by atoms with Crippen molar-refractivity contribution in [2.24, 2.45) is 0 Å². The topological polar surface area (TPSA) is 58.2 Å². The first kappa shape index (κ1) is 17.0. The quantitative estimate of drug-likeness (QED) is 0.705. The Morgan fingerprint density at radius 3 is 2.76 bits per heavy atom. The standard InChI is InChI=1S/C13H18ClFN2O2S2/c1-20-5-4-17-21(18,19)12-7-10(14)6-9(13(12)15)8-16-11-2-3-11/h6-7,11,16-17H,2-5,8H2,1H3. The Balaban J connectivity index is 2.20. The zero-order valence-corrected chi connectivity index (χ0v) is 14.0. The van der Waals surface area contributed by atoms with Gasteiger partial charge in [0.25, 0.3) is 0 Å². The van der Waals surface area contributed by atoms with Crippen molar-refractivity contribution < 1.29 is 12.8 Å². The lowest BCUT2D eigenvalue weighted by molar-refractivity contribution is 0.542. The van der Waals surface area contributed by atoms with Crippen molar-refractivity contribution in [2.45, 2.75) is 30.3 Å². The minimum Gasteiger partial charge on any atom is -0.310 e. The Hall–Kier alpha value is -0.340. The van der Waals surface area contributed by atoms with Crippen LogP contribution in [0.4, 0.5) is 4.39 Å². The van der Waals surface area contributed by atoms with Crippen LogP contribution in [0.1, 0.15) is 18.4 Å². The van der Waals surface area contributed by atoms with Gasteiger partial charge >= 0.3 is 0 Å². The van der Waals surface area contributed by atoms with Crippen LogP contribution in [0.2, 0.25) is 5.02 Å². The van der Waals surface area contributed by atoms with Crippen molar-refractivity contribution in [1.29, 1.82) is 0 Å². The van der Waals surface area contributed by atoms with Gasteiger partial charge in [0.15, 0.2) is 0 Å². The minimum atomic E-state index is -3.88. The van der Waals surface area contributed by atoms with E-state index < -0.39 is 15.8 Å². The Morgan fingerprint density at radius 1 is 1.43 bits per heavy atom. The van der Waals surface area contributed by atoms with Crippen molar-refractivity contribution in [2.75, 3.05) is 18.6 Å². The summed E-state index contributed by atoms with van der Waals surface area (Å²) < 4.78 is 41.1. The molecule has 0 saturated heterocycles. The Bertz CT molecular complexity index is 606. The molecule has 0 unspecified atom stereocenters. The van der Waals surface area contributed by atoms with E-state index in [4.69, 9.17) is 11.6 Å². The number of benzene rings is 1. The second-order valence-electron chi connectivity index (χ2n) is 4.92. The molecular formula is C13H18ClFN2O2S2. The summed E-state index contributed by atoms with van der Waals surface area (Å²) in [5.74, 6) is -0.110. The highest BCUT2D eigenvalue weighted by Gasteiger charge is 2.24. The molecule has 4 nitrogen and oxygen atoms in total. The molecule has 0 radical (unpaired) electrons. The van der Waals surface area contributed by atoms with E-state index in [-0.39, 0.29) is 28.6 Å². The zero-order valence-electron chi connectivity index (χ0n) is 11.7. The molecule has 1 aromatic carbocycles. The summed E-state index contributed by atoms with van der Waals surface area (Å²) in [4.78, 5) is -0.385. The van der Waals surface area contributed by atoms with E-state index >= 15 is 0 Å². The van der Waals surface area contributed by atoms with Gasteiger partial charge in [-0.3, -0.25) is 0 Å². The highest BCUT2D eigenvalue weighted by Crippen LogP contribution is 2.25. The molecule has 0 aliphatic heterocycles. The summed E-state index contributed by atoms with van der Waals surface area (Å²) in [5, 5.41) is 3.37. The van der Waals surface area contributed by atoms with Crippen LogP contribution in [0.25, 0.3) is 0 Å². The number of hydrogen-bond donors (Lipinski definition) is 2. The summed E-state index contributed by atoms with van der Waals surface area (Å²) in [6.45, 7) is 0.537. The zero-order chi connectivity index (χ0) is 15.5. The van der Waals surface area contributed by atoms with Crippen LogP contribution in [-0.2, 0) is 16.6 Å². The fourth-order valence-corrected chi connectivity index (χ4v) is 3.76. The van der Waals surface area contributed by atoms with Crippen molar-refractivity contribution in [3.8, 4) is 0 Å². The second kappa shape index (κ2) is 7.28. The first-order valence-electron chi connectivity index (χ1n) is 6.64. The summed E-state index contributed by atoms with van der Waals surface area (Å²) in [7, 11) is -3.88. The van der Waals surface area contributed by atoms with Crippen LogP contribution >= 0.6 is 23.4 Å². The van der Waals surface area contributed by atoms with Gasteiger partial charge < -0.3 is 5.32 Å². The summed E-state index contributed by atoms with van der Waals surface area (Å²) >= 11 is 7.44. The van der Waals surface area contributed by atoms with Gasteiger partial charge in [0.1, 0.15) is 10.7 Å². The maximum absolute atomic E-state index is 14.4. The largest absolute Gasteiger partial charge is 0.310 e. The highest BCUT2D eigenvalue weighted by molar-refractivity contribution is 7.98. The number of thioether (sulfide) groups is 1. The maximum Gasteiger partial charge on any atom is 0.243 e. The molecule has 8 heteroatoms. The lowest BCUT2D eigenvalue weighted by Crippen LogP contribution is -2.27. The molecule has 0 atom stereocenters. The van der Waals surface area contributed by atoms with Crippen LogP contribution in [0.5, 0.6) is 0 Å². The smallest absolute Gasteiger partial charge is 0.243 e. The molecule has 0 heterocycles. The first-order valence-corrected chi connectivity index (χ1v) is 9.89. The molecule has 1 aliphatic carbocycles. The van der Waals surface area contributed by atoms with Gasteiger partial charge in [-0.05, 0) is 31.2 Å². The number of hydrogen-bond acceptors (Lipinski definition) is 4. The maximum atomic E-state index is 14.4. The third-order valence-electron chi connectivity index (χ3n) is 3.13. The van der Waals surface area contributed by atoms with Gasteiger partial charge in [-0.15, -0.1) is 0 Å². The fraction of sp³-hybridized carbons (Fsp3) is 0.538. The third-order valence-corrected chi connectivity index (χ3v) is 5.42. The van der Waals surface area contributed by atoms with Crippen LogP contribution < -0.4 is 10.0 Å². The van der Waals surface area contributed by atoms with Crippen LogP contribution in [-0.4, -0.2) is 33.0 Å². The second-order valence-corrected chi connectivity index (χ2v) is 8.08. The minimum absolute atomic E-state index is 0.217. The fourth-order valence-electron chi connectivity index (χ4n) is 1.84. The Kier molecular flexibility index (Phi) is 5.90. The molecule has 1 fully saturated rings. The van der Waals surface area contributed by atoms with E-state index in [1.54, 1.807) is 0 Å². The number of halogens is 2. The number of sulfonamides is 1. The summed E-state index contributed by atoms with van der Waals surface area (Å²) in [6.07, 6.45) is 4.02. The Labute approximate surface area is 133 Å². The average molecular weight is 353 g/mol. The van der Waals surface area contributed by atoms with E-state index in [0.29, 0.717) is 11.8 Å². The van der Waals surface area contributed by atoms with E-state index in [9.17, 15) is 12.8 Å². The molecule has 21 heavy (non-hydrogen) atoms. The third kappa shape index (κ3) is 4.82. The van der Waals surface area contributed by atoms with E-state index in [1.165, 1.54) is 17.8 Å². The molecule has 118 valence electrons. The highest BCUT2D eigenvalue weighted by atomic mass is 35.5. The SMILES string of the molecule is CSCCNS(=O)(=O)c1cc(Cl)cc(CNC2CC2)c1F. The summed E-state index contributed by atoms with van der Waals surface area (Å²) in [6, 6.07) is 3.02. The lowest BCUT2D eigenvalue weighted by Gasteiger charge is -2.11. The molecular weight excluding hydrogens is 335 g/mol. The number of nitrogens with one attached hydrogen (secondary N) is 2. The van der Waals surface area contributed by atoms with Gasteiger partial charge in [-0.25, -0.2) is 17.5 Å². The molecule has 2 N–H and O–H groups in total. The van der Waals surface area contributed by atoms with Crippen LogP contribution in [0.15, 0.2) is 17.0 Å². The van der Waals surface area contributed by atoms with Gasteiger partial charge in [0.2, 0.25) is 10.0 Å². The molecule has 0 amide bonds. The molecule has 0 spiro atoms. The van der Waals surface area contributed by atoms with Gasteiger partial charge in [0, 0.05) is 35.5 Å². The van der Waals surface area contributed by atoms with Crippen molar-refractivity contribution >= 4 is 33.4 Å². The molecule has 1 saturated carbocycles. The lowest BCUT2D eigenvalue weighted by atomic mass is 10.2. The van der Waals surface area contributed by atoms with Crippen molar-refractivity contribution in [3.63, 3.8) is 0 Å². The van der Waals surface area contributed by atoms with Crippen molar-refractivity contribution in [3.05, 3.63) is 28.5 Å². The molecule has 0 bridgehead atoms. The van der Waals surface area contributed by atoms with E-state index in [1.807, 2.05) is 6.26 Å². The number of rotatable bonds is 8. The van der Waals surface area contributed by atoms with Gasteiger partial charge in [-0.2, -0.15) is 11.8 Å². The van der Waals surface area contributed by atoms with Gasteiger partial charge in [0.05, 0.1) is 0 Å². The predicted molar refractivity (Wildman–Crippen MR) is 84.8 cm³/mol. The monoisotopic (exact) mass is 352 g/mol. The normalized spacial score (nSPS) is 15.4. The first-order chi connectivity index (χ1) is 9.94. The van der Waals surface area contributed by atoms with E-state index in [0.717, 1.165) is 18.9 Å².